The summed E-state index contributed by atoms with van der Waals surface area (Å²) in [6, 6.07) is 17.8. The van der Waals surface area contributed by atoms with Crippen molar-refractivity contribution in [2.75, 3.05) is 19.8 Å². The van der Waals surface area contributed by atoms with Crippen LogP contribution >= 0.6 is 0 Å². The first-order valence-electron chi connectivity index (χ1n) is 12.1. The third-order valence-electron chi connectivity index (χ3n) is 6.78. The molecule has 4 rings (SSSR count). The molecule has 2 aromatic rings. The van der Waals surface area contributed by atoms with Gasteiger partial charge in [-0.05, 0) is 11.1 Å². The summed E-state index contributed by atoms with van der Waals surface area (Å²) in [6.07, 6.45) is -13.4. The van der Waals surface area contributed by atoms with Crippen molar-refractivity contribution >= 4 is 5.97 Å². The molecule has 0 aromatic heterocycles. The van der Waals surface area contributed by atoms with Gasteiger partial charge in [0.2, 0.25) is 5.79 Å². The van der Waals surface area contributed by atoms with Gasteiger partial charge in [-0.25, -0.2) is 0 Å². The van der Waals surface area contributed by atoms with E-state index >= 15 is 0 Å². The standard InChI is InChI=1S/C26H32O12/c27-11-16-20(30)23(33)26(13-28,37-16)38-25-22(32)21(31)19(29)17(36-25)12-35-24(34)18(14-7-3-1-4-8-14)15-9-5-2-6-10-15/h1-10,16-23,25,27-33H,11-13H2/t16-,17-,19-,20-,21+,22-,23+,25-,26+/m1/s1. The molecule has 7 N–H and O–H groups in total. The Bertz CT molecular complexity index is 1000. The second kappa shape index (κ2) is 12.1. The van der Waals surface area contributed by atoms with Crippen molar-refractivity contribution in [3.05, 3.63) is 71.8 Å². The topological polar surface area (TPSA) is 196 Å². The van der Waals surface area contributed by atoms with Crippen LogP contribution in [0.3, 0.4) is 0 Å². The maximum Gasteiger partial charge on any atom is 0.318 e. The van der Waals surface area contributed by atoms with Gasteiger partial charge in [-0.1, -0.05) is 60.7 Å². The molecule has 2 aromatic carbocycles. The molecule has 0 aliphatic carbocycles. The minimum atomic E-state index is -2.31. The molecule has 9 atom stereocenters. The Hall–Kier alpha value is -2.49. The van der Waals surface area contributed by atoms with Crippen molar-refractivity contribution < 1.29 is 59.5 Å². The van der Waals surface area contributed by atoms with E-state index in [2.05, 4.69) is 0 Å². The van der Waals surface area contributed by atoms with Gasteiger partial charge in [0, 0.05) is 0 Å². The third kappa shape index (κ3) is 5.60. The zero-order valence-electron chi connectivity index (χ0n) is 20.3. The molecule has 0 amide bonds. The largest absolute Gasteiger partial charge is 0.462 e. The van der Waals surface area contributed by atoms with Gasteiger partial charge in [0.15, 0.2) is 6.29 Å². The van der Waals surface area contributed by atoms with Crippen LogP contribution in [-0.4, -0.2) is 116 Å². The molecule has 0 radical (unpaired) electrons. The molecule has 2 aliphatic heterocycles. The predicted octanol–water partition coefficient (Wildman–Crippen LogP) is -2.01. The quantitative estimate of drug-likeness (QED) is 0.174. The van der Waals surface area contributed by atoms with Crippen LogP contribution < -0.4 is 0 Å². The summed E-state index contributed by atoms with van der Waals surface area (Å²) in [6.45, 7) is -2.26. The Kier molecular flexibility index (Phi) is 9.11. The normalized spacial score (nSPS) is 35.4. The Morgan fingerprint density at radius 2 is 1.39 bits per heavy atom. The minimum Gasteiger partial charge on any atom is -0.462 e. The fourth-order valence-electron chi connectivity index (χ4n) is 4.62. The van der Waals surface area contributed by atoms with Crippen molar-refractivity contribution in [1.29, 1.82) is 0 Å². The molecule has 38 heavy (non-hydrogen) atoms. The Morgan fingerprint density at radius 1 is 0.816 bits per heavy atom. The monoisotopic (exact) mass is 536 g/mol. The van der Waals surface area contributed by atoms with Crippen LogP contribution in [0.4, 0.5) is 0 Å². The lowest BCUT2D eigenvalue weighted by Gasteiger charge is -2.43. The van der Waals surface area contributed by atoms with Gasteiger partial charge in [-0.3, -0.25) is 4.79 Å². The van der Waals surface area contributed by atoms with E-state index in [0.717, 1.165) is 0 Å². The summed E-state index contributed by atoms with van der Waals surface area (Å²) in [5.74, 6) is -3.77. The second-order valence-corrected chi connectivity index (χ2v) is 9.26. The zero-order chi connectivity index (χ0) is 27.4. The first-order valence-corrected chi connectivity index (χ1v) is 12.1. The fourth-order valence-corrected chi connectivity index (χ4v) is 4.62. The first kappa shape index (κ1) is 28.5. The number of esters is 1. The molecular weight excluding hydrogens is 504 g/mol. The molecular formula is C26H32O12. The van der Waals surface area contributed by atoms with Crippen molar-refractivity contribution in [2.24, 2.45) is 0 Å². The van der Waals surface area contributed by atoms with E-state index in [1.807, 2.05) is 12.1 Å². The average molecular weight is 537 g/mol. The molecule has 12 heteroatoms. The molecule has 2 aliphatic rings. The number of rotatable bonds is 9. The van der Waals surface area contributed by atoms with Crippen molar-refractivity contribution in [2.45, 2.75) is 60.7 Å². The minimum absolute atomic E-state index is 0.544. The summed E-state index contributed by atoms with van der Waals surface area (Å²) in [7, 11) is 0. The van der Waals surface area contributed by atoms with Gasteiger partial charge < -0.3 is 54.7 Å². The van der Waals surface area contributed by atoms with Crippen molar-refractivity contribution in [3.63, 3.8) is 0 Å². The molecule has 208 valence electrons. The van der Waals surface area contributed by atoms with Crippen molar-refractivity contribution in [3.8, 4) is 0 Å². The SMILES string of the molecule is O=C(OC[C@H]1O[C@H](O[C@]2(CO)O[C@H](CO)[C@@H](O)[C@@H]2O)[C@H](O)[C@@H](O)[C@@H]1O)C(c1ccccc1)c1ccccc1. The molecule has 0 bridgehead atoms. The van der Waals surface area contributed by atoms with Crippen LogP contribution in [0.1, 0.15) is 17.0 Å². The second-order valence-electron chi connectivity index (χ2n) is 9.26. The highest BCUT2D eigenvalue weighted by Crippen LogP contribution is 2.36. The van der Waals surface area contributed by atoms with Crippen LogP contribution in [0, 0.1) is 0 Å². The first-order chi connectivity index (χ1) is 18.2. The van der Waals surface area contributed by atoms with Crippen molar-refractivity contribution in [1.82, 2.24) is 0 Å². The van der Waals surface area contributed by atoms with Crippen LogP contribution in [-0.2, 0) is 23.7 Å². The predicted molar refractivity (Wildman–Crippen MR) is 127 cm³/mol. The molecule has 2 saturated heterocycles. The van der Waals surface area contributed by atoms with E-state index in [9.17, 15) is 40.5 Å². The number of hydrogen-bond acceptors (Lipinski definition) is 12. The maximum absolute atomic E-state index is 13.2. The Balaban J connectivity index is 1.49. The number of carbonyl (C=O) groups is 1. The molecule has 12 nitrogen and oxygen atoms in total. The zero-order valence-corrected chi connectivity index (χ0v) is 20.3. The number of carbonyl (C=O) groups excluding carboxylic acids is 1. The van der Waals surface area contributed by atoms with Gasteiger partial charge in [0.1, 0.15) is 61.9 Å². The van der Waals surface area contributed by atoms with Gasteiger partial charge in [0.05, 0.1) is 6.61 Å². The lowest BCUT2D eigenvalue weighted by molar-refractivity contribution is -0.383. The molecule has 2 heterocycles. The number of aliphatic hydroxyl groups excluding tert-OH is 7. The van der Waals surface area contributed by atoms with Gasteiger partial charge in [-0.15, -0.1) is 0 Å². The number of ether oxygens (including phenoxy) is 4. The third-order valence-corrected chi connectivity index (χ3v) is 6.78. The van der Waals surface area contributed by atoms with E-state index in [1.165, 1.54) is 0 Å². The summed E-state index contributed by atoms with van der Waals surface area (Å²) in [5.41, 5.74) is 1.33. The summed E-state index contributed by atoms with van der Waals surface area (Å²) in [5, 5.41) is 71.0. The highest BCUT2D eigenvalue weighted by atomic mass is 16.8. The highest BCUT2D eigenvalue weighted by molar-refractivity contribution is 5.82. The van der Waals surface area contributed by atoms with Gasteiger partial charge in [-0.2, -0.15) is 0 Å². The summed E-state index contributed by atoms with van der Waals surface area (Å²) in [4.78, 5) is 13.2. The van der Waals surface area contributed by atoms with Gasteiger partial charge in [0.25, 0.3) is 0 Å². The smallest absolute Gasteiger partial charge is 0.318 e. The van der Waals surface area contributed by atoms with Gasteiger partial charge >= 0.3 is 5.97 Å². The molecule has 0 saturated carbocycles. The van der Waals surface area contributed by atoms with Crippen LogP contribution in [0.25, 0.3) is 0 Å². The highest BCUT2D eigenvalue weighted by Gasteiger charge is 2.58. The molecule has 0 spiro atoms. The van der Waals surface area contributed by atoms with E-state index in [1.54, 1.807) is 48.5 Å². The Morgan fingerprint density at radius 3 is 1.89 bits per heavy atom. The summed E-state index contributed by atoms with van der Waals surface area (Å²) >= 11 is 0. The average Bonchev–Trinajstić information content (AvgIpc) is 3.19. The van der Waals surface area contributed by atoms with Crippen LogP contribution in [0.2, 0.25) is 0 Å². The number of aliphatic hydroxyl groups is 7. The van der Waals surface area contributed by atoms with Crippen LogP contribution in [0.15, 0.2) is 60.7 Å². The van der Waals surface area contributed by atoms with E-state index in [-0.39, 0.29) is 0 Å². The lowest BCUT2D eigenvalue weighted by atomic mass is 9.91. The molecule has 2 fully saturated rings. The Labute approximate surface area is 218 Å². The number of benzene rings is 2. The summed E-state index contributed by atoms with van der Waals surface area (Å²) < 4.78 is 21.8. The van der Waals surface area contributed by atoms with E-state index in [4.69, 9.17) is 18.9 Å². The van der Waals surface area contributed by atoms with Crippen LogP contribution in [0.5, 0.6) is 0 Å². The lowest BCUT2D eigenvalue weighted by Crippen LogP contribution is -2.63. The van der Waals surface area contributed by atoms with E-state index < -0.39 is 86.5 Å². The molecule has 0 unspecified atom stereocenters. The maximum atomic E-state index is 13.2. The fraction of sp³-hybridized carbons (Fsp3) is 0.500. The van der Waals surface area contributed by atoms with E-state index in [0.29, 0.717) is 11.1 Å². The number of hydrogen-bond donors (Lipinski definition) is 7.